The first-order valence-corrected chi connectivity index (χ1v) is 8.53. The molecule has 6 nitrogen and oxygen atoms in total. The summed E-state index contributed by atoms with van der Waals surface area (Å²) in [5.41, 5.74) is 1.11. The van der Waals surface area contributed by atoms with E-state index in [4.69, 9.17) is 5.11 Å². The van der Waals surface area contributed by atoms with E-state index in [2.05, 4.69) is 29.4 Å². The second-order valence-corrected chi connectivity index (χ2v) is 6.66. The number of nitrogens with zero attached hydrogens (tertiary/aromatic N) is 1. The van der Waals surface area contributed by atoms with E-state index in [-0.39, 0.29) is 11.6 Å². The molecule has 0 aliphatic carbocycles. The lowest BCUT2D eigenvalue weighted by Crippen LogP contribution is -2.48. The van der Waals surface area contributed by atoms with Crippen LogP contribution in [0.25, 0.3) is 0 Å². The van der Waals surface area contributed by atoms with Crippen molar-refractivity contribution in [3.8, 4) is 0 Å². The van der Waals surface area contributed by atoms with Crippen LogP contribution in [0, 0.1) is 5.92 Å². The van der Waals surface area contributed by atoms with E-state index in [9.17, 15) is 9.59 Å². The number of carbonyl (C=O) groups is 2. The maximum atomic E-state index is 11.9. The molecule has 1 heterocycles. The summed E-state index contributed by atoms with van der Waals surface area (Å²) in [4.78, 5) is 25.1. The first kappa shape index (κ1) is 18.3. The van der Waals surface area contributed by atoms with E-state index in [0.29, 0.717) is 19.1 Å². The zero-order valence-corrected chi connectivity index (χ0v) is 14.4. The van der Waals surface area contributed by atoms with Crippen molar-refractivity contribution >= 4 is 12.0 Å². The largest absolute Gasteiger partial charge is 0.478 e. The third kappa shape index (κ3) is 5.53. The molecule has 0 radical (unpaired) electrons. The Morgan fingerprint density at radius 3 is 2.62 bits per heavy atom. The molecule has 1 aliphatic heterocycles. The van der Waals surface area contributed by atoms with Crippen molar-refractivity contribution in [1.29, 1.82) is 0 Å². The molecule has 24 heavy (non-hydrogen) atoms. The number of hydrogen-bond donors (Lipinski definition) is 3. The minimum atomic E-state index is -0.951. The molecule has 0 saturated carbocycles. The first-order valence-electron chi connectivity index (χ1n) is 8.53. The predicted molar refractivity (Wildman–Crippen MR) is 93.1 cm³/mol. The van der Waals surface area contributed by atoms with E-state index in [1.165, 1.54) is 25.0 Å². The van der Waals surface area contributed by atoms with E-state index in [1.807, 2.05) is 0 Å². The van der Waals surface area contributed by atoms with Gasteiger partial charge in [0.05, 0.1) is 5.56 Å². The quantitative estimate of drug-likeness (QED) is 0.746. The smallest absolute Gasteiger partial charge is 0.335 e. The molecular formula is C18H27N3O3. The van der Waals surface area contributed by atoms with Gasteiger partial charge in [-0.3, -0.25) is 4.90 Å². The third-order valence-electron chi connectivity index (χ3n) is 4.52. The Balaban J connectivity index is 1.70. The van der Waals surface area contributed by atoms with Crippen molar-refractivity contribution < 1.29 is 14.7 Å². The number of hydrogen-bond acceptors (Lipinski definition) is 3. The number of piperidine rings is 1. The molecule has 0 spiro atoms. The van der Waals surface area contributed by atoms with Crippen molar-refractivity contribution in [2.75, 3.05) is 19.6 Å². The van der Waals surface area contributed by atoms with Crippen LogP contribution in [0.2, 0.25) is 0 Å². The van der Waals surface area contributed by atoms with Gasteiger partial charge in [0.1, 0.15) is 0 Å². The molecule has 0 aromatic heterocycles. The fraction of sp³-hybridized carbons (Fsp3) is 0.556. The average Bonchev–Trinajstić information content (AvgIpc) is 2.58. The Kier molecular flexibility index (Phi) is 6.61. The van der Waals surface area contributed by atoms with Crippen LogP contribution in [0.15, 0.2) is 24.3 Å². The standard InChI is InChI=1S/C18H27N3O3/c1-13-4-3-9-21(12-13)14(2)10-19-18(24)20-11-15-5-7-16(8-6-15)17(22)23/h5-8,13-14H,3-4,9-12H2,1-2H3,(H,22,23)(H2,19,20,24). The Bertz CT molecular complexity index is 559. The highest BCUT2D eigenvalue weighted by molar-refractivity contribution is 5.87. The molecule has 2 unspecified atom stereocenters. The van der Waals surface area contributed by atoms with E-state index < -0.39 is 5.97 Å². The minimum Gasteiger partial charge on any atom is -0.478 e. The Labute approximate surface area is 143 Å². The maximum Gasteiger partial charge on any atom is 0.335 e. The fourth-order valence-electron chi connectivity index (χ4n) is 3.01. The Hall–Kier alpha value is -2.08. The summed E-state index contributed by atoms with van der Waals surface area (Å²) in [5, 5.41) is 14.6. The number of benzene rings is 1. The summed E-state index contributed by atoms with van der Waals surface area (Å²) in [5.74, 6) is -0.225. The molecule has 132 valence electrons. The Morgan fingerprint density at radius 1 is 1.29 bits per heavy atom. The van der Waals surface area contributed by atoms with Gasteiger partial charge in [0.15, 0.2) is 0 Å². The number of rotatable bonds is 6. The second-order valence-electron chi connectivity index (χ2n) is 6.66. The van der Waals surface area contributed by atoms with Crippen LogP contribution < -0.4 is 10.6 Å². The molecule has 0 bridgehead atoms. The van der Waals surface area contributed by atoms with Crippen molar-refractivity contribution in [2.24, 2.45) is 5.92 Å². The van der Waals surface area contributed by atoms with Crippen LogP contribution in [-0.4, -0.2) is 47.7 Å². The molecule has 1 aliphatic rings. The third-order valence-corrected chi connectivity index (χ3v) is 4.52. The molecule has 1 aromatic carbocycles. The molecule has 2 amide bonds. The van der Waals surface area contributed by atoms with E-state index in [1.54, 1.807) is 12.1 Å². The normalized spacial score (nSPS) is 19.5. The molecular weight excluding hydrogens is 306 g/mol. The van der Waals surface area contributed by atoms with Gasteiger partial charge in [-0.15, -0.1) is 0 Å². The first-order chi connectivity index (χ1) is 11.5. The monoisotopic (exact) mass is 333 g/mol. The summed E-state index contributed by atoms with van der Waals surface area (Å²) in [6, 6.07) is 6.62. The highest BCUT2D eigenvalue weighted by atomic mass is 16.4. The second kappa shape index (κ2) is 8.68. The van der Waals surface area contributed by atoms with Crippen LogP contribution in [-0.2, 0) is 6.54 Å². The van der Waals surface area contributed by atoms with Gasteiger partial charge in [-0.1, -0.05) is 19.1 Å². The zero-order valence-electron chi connectivity index (χ0n) is 14.4. The fourth-order valence-corrected chi connectivity index (χ4v) is 3.01. The molecule has 1 saturated heterocycles. The minimum absolute atomic E-state index is 0.200. The summed E-state index contributed by atoms with van der Waals surface area (Å²) < 4.78 is 0. The van der Waals surface area contributed by atoms with Crippen LogP contribution >= 0.6 is 0 Å². The van der Waals surface area contributed by atoms with Crippen molar-refractivity contribution in [1.82, 2.24) is 15.5 Å². The van der Waals surface area contributed by atoms with Crippen molar-refractivity contribution in [3.05, 3.63) is 35.4 Å². The van der Waals surface area contributed by atoms with Gasteiger partial charge < -0.3 is 15.7 Å². The van der Waals surface area contributed by atoms with E-state index in [0.717, 1.165) is 24.6 Å². The molecule has 1 aromatic rings. The topological polar surface area (TPSA) is 81.7 Å². The van der Waals surface area contributed by atoms with Crippen LogP contribution in [0.5, 0.6) is 0 Å². The number of carboxylic acid groups (broad SMARTS) is 1. The molecule has 2 atom stereocenters. The summed E-state index contributed by atoms with van der Waals surface area (Å²) in [6.07, 6.45) is 2.52. The van der Waals surface area contributed by atoms with E-state index >= 15 is 0 Å². The van der Waals surface area contributed by atoms with Gasteiger partial charge >= 0.3 is 12.0 Å². The van der Waals surface area contributed by atoms with Crippen molar-refractivity contribution in [2.45, 2.75) is 39.3 Å². The van der Waals surface area contributed by atoms with Crippen LogP contribution in [0.4, 0.5) is 4.79 Å². The lowest BCUT2D eigenvalue weighted by atomic mass is 9.99. The highest BCUT2D eigenvalue weighted by Gasteiger charge is 2.21. The number of likely N-dealkylation sites (tertiary alicyclic amines) is 1. The maximum absolute atomic E-state index is 11.9. The number of nitrogens with one attached hydrogen (secondary N) is 2. The molecule has 3 N–H and O–H groups in total. The molecule has 6 heteroatoms. The predicted octanol–water partition coefficient (Wildman–Crippen LogP) is 2.30. The summed E-state index contributed by atoms with van der Waals surface area (Å²) >= 11 is 0. The zero-order chi connectivity index (χ0) is 17.5. The number of carbonyl (C=O) groups excluding carboxylic acids is 1. The number of urea groups is 1. The SMILES string of the molecule is CC1CCCN(C(C)CNC(=O)NCc2ccc(C(=O)O)cc2)C1. The lowest BCUT2D eigenvalue weighted by molar-refractivity contribution is 0.0697. The van der Waals surface area contributed by atoms with Gasteiger partial charge in [0, 0.05) is 25.7 Å². The Morgan fingerprint density at radius 2 is 2.00 bits per heavy atom. The van der Waals surface area contributed by atoms with Crippen LogP contribution in [0.1, 0.15) is 42.6 Å². The lowest BCUT2D eigenvalue weighted by Gasteiger charge is -2.35. The number of amides is 2. The van der Waals surface area contributed by atoms with Crippen molar-refractivity contribution in [3.63, 3.8) is 0 Å². The van der Waals surface area contributed by atoms with Gasteiger partial charge in [-0.05, 0) is 49.9 Å². The van der Waals surface area contributed by atoms with Gasteiger partial charge in [-0.25, -0.2) is 9.59 Å². The van der Waals surface area contributed by atoms with Gasteiger partial charge in [0.2, 0.25) is 0 Å². The molecule has 2 rings (SSSR count). The highest BCUT2D eigenvalue weighted by Crippen LogP contribution is 2.17. The number of aromatic carboxylic acids is 1. The van der Waals surface area contributed by atoms with Crippen LogP contribution in [0.3, 0.4) is 0 Å². The molecule has 1 fully saturated rings. The average molecular weight is 333 g/mol. The van der Waals surface area contributed by atoms with Gasteiger partial charge in [0.25, 0.3) is 0 Å². The number of carboxylic acids is 1. The van der Waals surface area contributed by atoms with Gasteiger partial charge in [-0.2, -0.15) is 0 Å². The summed E-state index contributed by atoms with van der Waals surface area (Å²) in [7, 11) is 0. The summed E-state index contributed by atoms with van der Waals surface area (Å²) in [6.45, 7) is 7.61.